The van der Waals surface area contributed by atoms with Crippen molar-refractivity contribution in [3.05, 3.63) is 64.4 Å². The summed E-state index contributed by atoms with van der Waals surface area (Å²) >= 11 is 5.88. The summed E-state index contributed by atoms with van der Waals surface area (Å²) in [7, 11) is 0. The van der Waals surface area contributed by atoms with Gasteiger partial charge in [-0.3, -0.25) is 5.84 Å². The van der Waals surface area contributed by atoms with Gasteiger partial charge in [0.1, 0.15) is 18.2 Å². The molecular weight excluding hydrogens is 279 g/mol. The minimum atomic E-state index is -0.302. The predicted octanol–water partition coefficient (Wildman–Crippen LogP) is 3.37. The Labute approximate surface area is 122 Å². The minimum absolute atomic E-state index is 0.259. The Morgan fingerprint density at radius 1 is 1.30 bits per heavy atom. The second kappa shape index (κ2) is 6.70. The molecule has 0 aliphatic carbocycles. The lowest BCUT2D eigenvalue weighted by Crippen LogP contribution is -2.32. The fraction of sp³-hybridized carbons (Fsp3) is 0.200. The molecule has 20 heavy (non-hydrogen) atoms. The number of benzene rings is 2. The molecule has 106 valence electrons. The molecule has 0 aliphatic rings. The molecule has 2 aromatic rings. The fourth-order valence-electron chi connectivity index (χ4n) is 1.80. The van der Waals surface area contributed by atoms with Crippen LogP contribution in [0.25, 0.3) is 0 Å². The number of aryl methyl sites for hydroxylation is 1. The highest BCUT2D eigenvalue weighted by molar-refractivity contribution is 6.30. The van der Waals surface area contributed by atoms with Crippen LogP contribution in [0.4, 0.5) is 4.39 Å². The van der Waals surface area contributed by atoms with Gasteiger partial charge in [-0.05, 0) is 42.3 Å². The maximum atomic E-state index is 13.6. The topological polar surface area (TPSA) is 47.3 Å². The van der Waals surface area contributed by atoms with E-state index < -0.39 is 0 Å². The number of rotatable bonds is 5. The highest BCUT2D eigenvalue weighted by Crippen LogP contribution is 2.20. The number of hydrogen-bond acceptors (Lipinski definition) is 3. The molecule has 5 heteroatoms. The normalized spacial score (nSPS) is 12.2. The van der Waals surface area contributed by atoms with Gasteiger partial charge in [-0.2, -0.15) is 0 Å². The third-order valence-electron chi connectivity index (χ3n) is 3.01. The van der Waals surface area contributed by atoms with E-state index in [4.69, 9.17) is 22.2 Å². The Kier molecular flexibility index (Phi) is 4.95. The molecule has 0 radical (unpaired) electrons. The van der Waals surface area contributed by atoms with Gasteiger partial charge in [-0.1, -0.05) is 29.8 Å². The van der Waals surface area contributed by atoms with E-state index in [1.807, 2.05) is 6.07 Å². The van der Waals surface area contributed by atoms with Crippen molar-refractivity contribution in [2.75, 3.05) is 6.61 Å². The van der Waals surface area contributed by atoms with Crippen LogP contribution in [0.15, 0.2) is 42.5 Å². The third kappa shape index (κ3) is 3.70. The zero-order chi connectivity index (χ0) is 14.5. The van der Waals surface area contributed by atoms with Crippen LogP contribution in [0, 0.1) is 12.7 Å². The average Bonchev–Trinajstić information content (AvgIpc) is 2.43. The van der Waals surface area contributed by atoms with Crippen molar-refractivity contribution in [1.29, 1.82) is 0 Å². The Balaban J connectivity index is 2.07. The molecule has 2 aromatic carbocycles. The molecule has 0 aliphatic heterocycles. The van der Waals surface area contributed by atoms with Crippen molar-refractivity contribution in [3.8, 4) is 5.75 Å². The van der Waals surface area contributed by atoms with E-state index in [2.05, 4.69) is 5.43 Å². The summed E-state index contributed by atoms with van der Waals surface area (Å²) in [6.45, 7) is 1.99. The van der Waals surface area contributed by atoms with Gasteiger partial charge in [0.05, 0.1) is 6.04 Å². The molecule has 3 N–H and O–H groups in total. The van der Waals surface area contributed by atoms with Gasteiger partial charge >= 0.3 is 0 Å². The second-order valence-electron chi connectivity index (χ2n) is 4.50. The van der Waals surface area contributed by atoms with E-state index in [0.29, 0.717) is 16.3 Å². The first-order chi connectivity index (χ1) is 9.60. The molecule has 0 amide bonds. The number of hydrazine groups is 1. The maximum Gasteiger partial charge on any atom is 0.126 e. The molecule has 0 heterocycles. The Bertz CT molecular complexity index is 592. The fourth-order valence-corrected chi connectivity index (χ4v) is 1.98. The van der Waals surface area contributed by atoms with Crippen LogP contribution in [0.5, 0.6) is 5.75 Å². The van der Waals surface area contributed by atoms with Crippen LogP contribution in [-0.4, -0.2) is 6.61 Å². The average molecular weight is 295 g/mol. The largest absolute Gasteiger partial charge is 0.492 e. The van der Waals surface area contributed by atoms with Crippen LogP contribution in [0.3, 0.4) is 0 Å². The quantitative estimate of drug-likeness (QED) is 0.656. The van der Waals surface area contributed by atoms with E-state index in [-0.39, 0.29) is 18.5 Å². The number of nitrogens with one attached hydrogen (secondary N) is 1. The summed E-state index contributed by atoms with van der Waals surface area (Å²) in [5, 5.41) is 0.598. The van der Waals surface area contributed by atoms with Gasteiger partial charge < -0.3 is 4.74 Å². The molecule has 0 saturated carbocycles. The van der Waals surface area contributed by atoms with Gasteiger partial charge in [-0.15, -0.1) is 0 Å². The predicted molar refractivity (Wildman–Crippen MR) is 78.1 cm³/mol. The molecule has 0 spiro atoms. The Morgan fingerprint density at radius 2 is 2.10 bits per heavy atom. The van der Waals surface area contributed by atoms with E-state index in [0.717, 1.165) is 5.56 Å². The van der Waals surface area contributed by atoms with Gasteiger partial charge in [0.15, 0.2) is 0 Å². The van der Waals surface area contributed by atoms with Crippen molar-refractivity contribution in [1.82, 2.24) is 5.43 Å². The summed E-state index contributed by atoms with van der Waals surface area (Å²) in [5.74, 6) is 5.89. The second-order valence-corrected chi connectivity index (χ2v) is 4.93. The number of halogens is 2. The lowest BCUT2D eigenvalue weighted by Gasteiger charge is -2.17. The Morgan fingerprint density at radius 3 is 2.75 bits per heavy atom. The van der Waals surface area contributed by atoms with Crippen molar-refractivity contribution in [2.45, 2.75) is 13.0 Å². The molecule has 2 rings (SSSR count). The molecule has 1 atom stereocenters. The van der Waals surface area contributed by atoms with Crippen LogP contribution < -0.4 is 16.0 Å². The number of ether oxygens (including phenoxy) is 1. The first kappa shape index (κ1) is 14.8. The van der Waals surface area contributed by atoms with E-state index in [1.165, 1.54) is 6.07 Å². The smallest absolute Gasteiger partial charge is 0.126 e. The van der Waals surface area contributed by atoms with Crippen molar-refractivity contribution < 1.29 is 9.13 Å². The summed E-state index contributed by atoms with van der Waals surface area (Å²) in [6.07, 6.45) is 0. The zero-order valence-corrected chi connectivity index (χ0v) is 11.8. The molecule has 0 saturated heterocycles. The Hall–Kier alpha value is -1.62. The van der Waals surface area contributed by atoms with Crippen molar-refractivity contribution in [3.63, 3.8) is 0 Å². The molecule has 0 fully saturated rings. The maximum absolute atomic E-state index is 13.6. The standard InChI is InChI=1S/C15H16ClFN2O/c1-10-5-6-11(7-14(10)17)15(19-18)9-20-13-4-2-3-12(16)8-13/h2-8,15,19H,9,18H2,1H3. The number of hydrogen-bond donors (Lipinski definition) is 2. The van der Waals surface area contributed by atoms with Crippen LogP contribution in [-0.2, 0) is 0 Å². The van der Waals surface area contributed by atoms with Gasteiger partial charge in [-0.25, -0.2) is 9.82 Å². The van der Waals surface area contributed by atoms with Gasteiger partial charge in [0.2, 0.25) is 0 Å². The van der Waals surface area contributed by atoms with Crippen LogP contribution in [0.2, 0.25) is 5.02 Å². The highest BCUT2D eigenvalue weighted by atomic mass is 35.5. The third-order valence-corrected chi connectivity index (χ3v) is 3.25. The van der Waals surface area contributed by atoms with Gasteiger partial charge in [0, 0.05) is 5.02 Å². The summed E-state index contributed by atoms with van der Waals surface area (Å²) in [6, 6.07) is 11.8. The highest BCUT2D eigenvalue weighted by Gasteiger charge is 2.12. The first-order valence-corrected chi connectivity index (χ1v) is 6.58. The van der Waals surface area contributed by atoms with Gasteiger partial charge in [0.25, 0.3) is 0 Å². The molecule has 3 nitrogen and oxygen atoms in total. The summed E-state index contributed by atoms with van der Waals surface area (Å²) in [5.41, 5.74) is 3.96. The van der Waals surface area contributed by atoms with E-state index in [1.54, 1.807) is 37.3 Å². The lowest BCUT2D eigenvalue weighted by molar-refractivity contribution is 0.267. The van der Waals surface area contributed by atoms with E-state index >= 15 is 0 Å². The van der Waals surface area contributed by atoms with E-state index in [9.17, 15) is 4.39 Å². The summed E-state index contributed by atoms with van der Waals surface area (Å²) < 4.78 is 19.2. The SMILES string of the molecule is Cc1ccc(C(COc2cccc(Cl)c2)NN)cc1F. The van der Waals surface area contributed by atoms with Crippen LogP contribution in [0.1, 0.15) is 17.2 Å². The first-order valence-electron chi connectivity index (χ1n) is 6.20. The lowest BCUT2D eigenvalue weighted by atomic mass is 10.1. The molecule has 1 unspecified atom stereocenters. The van der Waals surface area contributed by atoms with Crippen molar-refractivity contribution in [2.24, 2.45) is 5.84 Å². The number of nitrogens with two attached hydrogens (primary N) is 1. The summed E-state index contributed by atoms with van der Waals surface area (Å²) in [4.78, 5) is 0. The van der Waals surface area contributed by atoms with Crippen molar-refractivity contribution >= 4 is 11.6 Å². The molecular formula is C15H16ClFN2O. The van der Waals surface area contributed by atoms with Crippen LogP contribution >= 0.6 is 11.6 Å². The molecule has 0 bridgehead atoms. The molecule has 0 aromatic heterocycles. The monoisotopic (exact) mass is 294 g/mol. The minimum Gasteiger partial charge on any atom is -0.492 e. The zero-order valence-electron chi connectivity index (χ0n) is 11.1.